The highest BCUT2D eigenvalue weighted by atomic mass is 16.2. The molecule has 0 spiro atoms. The van der Waals surface area contributed by atoms with E-state index in [2.05, 4.69) is 29.5 Å². The molecule has 0 bridgehead atoms. The van der Waals surface area contributed by atoms with Crippen LogP contribution in [0.25, 0.3) is 0 Å². The summed E-state index contributed by atoms with van der Waals surface area (Å²) in [5, 5.41) is 6.60. The van der Waals surface area contributed by atoms with Gasteiger partial charge in [0.2, 0.25) is 5.91 Å². The highest BCUT2D eigenvalue weighted by Crippen LogP contribution is 2.34. The van der Waals surface area contributed by atoms with Crippen molar-refractivity contribution < 1.29 is 4.79 Å². The van der Waals surface area contributed by atoms with E-state index < -0.39 is 0 Å². The zero-order valence-corrected chi connectivity index (χ0v) is 13.9. The zero-order chi connectivity index (χ0) is 15.1. The first kappa shape index (κ1) is 16.8. The number of rotatable bonds is 7. The van der Waals surface area contributed by atoms with Crippen LogP contribution in [-0.4, -0.2) is 50.1 Å². The van der Waals surface area contributed by atoms with Gasteiger partial charge in [-0.2, -0.15) is 0 Å². The lowest BCUT2D eigenvalue weighted by Gasteiger charge is -2.36. The Bertz CT molecular complexity index is 314. The summed E-state index contributed by atoms with van der Waals surface area (Å²) in [6.07, 6.45) is 9.50. The van der Waals surface area contributed by atoms with Crippen molar-refractivity contribution in [3.63, 3.8) is 0 Å². The second-order valence-electron chi connectivity index (χ2n) is 6.96. The predicted molar refractivity (Wildman–Crippen MR) is 87.3 cm³/mol. The SMILES string of the molecule is CCCC1(C(=O)NCCN(C)C2CCCC2)CCNCC1. The number of nitrogens with one attached hydrogen (secondary N) is 2. The van der Waals surface area contributed by atoms with E-state index in [9.17, 15) is 4.79 Å². The molecule has 1 saturated heterocycles. The van der Waals surface area contributed by atoms with Gasteiger partial charge in [-0.05, 0) is 52.2 Å². The van der Waals surface area contributed by atoms with Crippen LogP contribution in [0.4, 0.5) is 0 Å². The lowest BCUT2D eigenvalue weighted by Crippen LogP contribution is -2.49. The quantitative estimate of drug-likeness (QED) is 0.756. The monoisotopic (exact) mass is 295 g/mol. The highest BCUT2D eigenvalue weighted by molar-refractivity contribution is 5.82. The van der Waals surface area contributed by atoms with Gasteiger partial charge in [0, 0.05) is 19.1 Å². The van der Waals surface area contributed by atoms with E-state index in [4.69, 9.17) is 0 Å². The summed E-state index contributed by atoms with van der Waals surface area (Å²) in [4.78, 5) is 15.1. The van der Waals surface area contributed by atoms with Crippen LogP contribution >= 0.6 is 0 Å². The van der Waals surface area contributed by atoms with Crippen LogP contribution in [0.1, 0.15) is 58.3 Å². The maximum atomic E-state index is 12.7. The third-order valence-electron chi connectivity index (χ3n) is 5.47. The van der Waals surface area contributed by atoms with E-state index in [1.807, 2.05) is 0 Å². The molecule has 0 aromatic carbocycles. The van der Waals surface area contributed by atoms with Crippen LogP contribution in [0.15, 0.2) is 0 Å². The molecule has 0 aromatic heterocycles. The summed E-state index contributed by atoms with van der Waals surface area (Å²) in [6.45, 7) is 5.93. The molecule has 0 unspecified atom stereocenters. The second-order valence-corrected chi connectivity index (χ2v) is 6.96. The van der Waals surface area contributed by atoms with Gasteiger partial charge in [0.15, 0.2) is 0 Å². The third-order valence-corrected chi connectivity index (χ3v) is 5.47. The van der Waals surface area contributed by atoms with Crippen molar-refractivity contribution in [2.45, 2.75) is 64.3 Å². The van der Waals surface area contributed by atoms with Crippen molar-refractivity contribution in [2.24, 2.45) is 5.41 Å². The number of nitrogens with zero attached hydrogens (tertiary/aromatic N) is 1. The van der Waals surface area contributed by atoms with Gasteiger partial charge in [-0.1, -0.05) is 26.2 Å². The van der Waals surface area contributed by atoms with Crippen molar-refractivity contribution in [3.05, 3.63) is 0 Å². The topological polar surface area (TPSA) is 44.4 Å². The number of amides is 1. The minimum absolute atomic E-state index is 0.105. The molecule has 1 aliphatic heterocycles. The van der Waals surface area contributed by atoms with Gasteiger partial charge in [-0.3, -0.25) is 4.79 Å². The standard InChI is InChI=1S/C17H33N3O/c1-3-8-17(9-11-18-12-10-17)16(21)19-13-14-20(2)15-6-4-5-7-15/h15,18H,3-14H2,1-2H3,(H,19,21). The first-order valence-corrected chi connectivity index (χ1v) is 8.87. The van der Waals surface area contributed by atoms with Crippen LogP contribution < -0.4 is 10.6 Å². The number of carbonyl (C=O) groups is 1. The molecule has 2 N–H and O–H groups in total. The van der Waals surface area contributed by atoms with Gasteiger partial charge < -0.3 is 15.5 Å². The van der Waals surface area contributed by atoms with Crippen molar-refractivity contribution >= 4 is 5.91 Å². The predicted octanol–water partition coefficient (Wildman–Crippen LogP) is 2.15. The summed E-state index contributed by atoms with van der Waals surface area (Å²) in [5.41, 5.74) is -0.105. The Hall–Kier alpha value is -0.610. The molecular formula is C17H33N3O. The van der Waals surface area contributed by atoms with Gasteiger partial charge in [0.25, 0.3) is 0 Å². The van der Waals surface area contributed by atoms with Crippen molar-refractivity contribution in [2.75, 3.05) is 33.2 Å². The van der Waals surface area contributed by atoms with Gasteiger partial charge >= 0.3 is 0 Å². The Kier molecular flexibility index (Phi) is 6.49. The Balaban J connectivity index is 1.76. The van der Waals surface area contributed by atoms with Gasteiger partial charge in [0.05, 0.1) is 5.41 Å². The average Bonchev–Trinajstić information content (AvgIpc) is 3.02. The lowest BCUT2D eigenvalue weighted by atomic mass is 9.74. The Morgan fingerprint density at radius 1 is 1.29 bits per heavy atom. The summed E-state index contributed by atoms with van der Waals surface area (Å²) in [5.74, 6) is 0.297. The van der Waals surface area contributed by atoms with Crippen LogP contribution in [0, 0.1) is 5.41 Å². The number of hydrogen-bond donors (Lipinski definition) is 2. The Morgan fingerprint density at radius 3 is 2.57 bits per heavy atom. The summed E-state index contributed by atoms with van der Waals surface area (Å²) >= 11 is 0. The smallest absolute Gasteiger partial charge is 0.226 e. The van der Waals surface area contributed by atoms with E-state index in [1.165, 1.54) is 25.7 Å². The minimum atomic E-state index is -0.105. The van der Waals surface area contributed by atoms with Gasteiger partial charge in [-0.25, -0.2) is 0 Å². The molecule has 4 heteroatoms. The summed E-state index contributed by atoms with van der Waals surface area (Å²) in [6, 6.07) is 0.741. The molecule has 21 heavy (non-hydrogen) atoms. The van der Waals surface area contributed by atoms with Gasteiger partial charge in [-0.15, -0.1) is 0 Å². The first-order valence-electron chi connectivity index (χ1n) is 8.87. The normalized spacial score (nSPS) is 22.6. The number of hydrogen-bond acceptors (Lipinski definition) is 3. The highest BCUT2D eigenvalue weighted by Gasteiger charge is 2.38. The fraction of sp³-hybridized carbons (Fsp3) is 0.941. The first-order chi connectivity index (χ1) is 10.2. The van der Waals surface area contributed by atoms with E-state index in [-0.39, 0.29) is 5.41 Å². The Labute approximate surface area is 130 Å². The fourth-order valence-corrected chi connectivity index (χ4v) is 4.04. The molecule has 1 heterocycles. The zero-order valence-electron chi connectivity index (χ0n) is 13.9. The number of carbonyl (C=O) groups excluding carboxylic acids is 1. The summed E-state index contributed by atoms with van der Waals surface area (Å²) in [7, 11) is 2.20. The van der Waals surface area contributed by atoms with Crippen LogP contribution in [-0.2, 0) is 4.79 Å². The molecule has 1 saturated carbocycles. The van der Waals surface area contributed by atoms with Crippen molar-refractivity contribution in [1.29, 1.82) is 0 Å². The van der Waals surface area contributed by atoms with Crippen molar-refractivity contribution in [3.8, 4) is 0 Å². The van der Waals surface area contributed by atoms with Crippen LogP contribution in [0.3, 0.4) is 0 Å². The Morgan fingerprint density at radius 2 is 1.95 bits per heavy atom. The molecule has 122 valence electrons. The maximum absolute atomic E-state index is 12.7. The molecule has 0 radical (unpaired) electrons. The molecule has 1 amide bonds. The maximum Gasteiger partial charge on any atom is 0.226 e. The van der Waals surface area contributed by atoms with E-state index >= 15 is 0 Å². The largest absolute Gasteiger partial charge is 0.354 e. The number of piperidine rings is 1. The molecule has 4 nitrogen and oxygen atoms in total. The molecule has 0 aromatic rings. The molecule has 1 aliphatic carbocycles. The third kappa shape index (κ3) is 4.43. The fourth-order valence-electron chi connectivity index (χ4n) is 4.04. The van der Waals surface area contributed by atoms with Crippen LogP contribution in [0.5, 0.6) is 0 Å². The minimum Gasteiger partial charge on any atom is -0.354 e. The molecule has 0 atom stereocenters. The average molecular weight is 295 g/mol. The lowest BCUT2D eigenvalue weighted by molar-refractivity contribution is -0.133. The summed E-state index contributed by atoms with van der Waals surface area (Å²) < 4.78 is 0. The molecule has 2 aliphatic rings. The van der Waals surface area contributed by atoms with Gasteiger partial charge in [0.1, 0.15) is 0 Å². The molecule has 2 fully saturated rings. The van der Waals surface area contributed by atoms with Crippen molar-refractivity contribution in [1.82, 2.24) is 15.5 Å². The second kappa shape index (κ2) is 8.14. The van der Waals surface area contributed by atoms with E-state index in [0.717, 1.165) is 57.9 Å². The van der Waals surface area contributed by atoms with Crippen LogP contribution in [0.2, 0.25) is 0 Å². The van der Waals surface area contributed by atoms with E-state index in [1.54, 1.807) is 0 Å². The number of likely N-dealkylation sites (N-methyl/N-ethyl adjacent to an activating group) is 1. The van der Waals surface area contributed by atoms with E-state index in [0.29, 0.717) is 5.91 Å². The molecular weight excluding hydrogens is 262 g/mol. The molecule has 2 rings (SSSR count).